The minimum atomic E-state index is -0.0848. The second-order valence-corrected chi connectivity index (χ2v) is 5.79. The third-order valence-electron chi connectivity index (χ3n) is 3.93. The SMILES string of the molecule is CCCNCc1c(Cl)cccc1N1CCCC1C(=O)NC. The summed E-state index contributed by atoms with van der Waals surface area (Å²) in [6.45, 7) is 4.74. The average molecular weight is 310 g/mol. The van der Waals surface area contributed by atoms with E-state index in [2.05, 4.69) is 28.5 Å². The van der Waals surface area contributed by atoms with Gasteiger partial charge >= 0.3 is 0 Å². The molecule has 1 aliphatic heterocycles. The summed E-state index contributed by atoms with van der Waals surface area (Å²) in [4.78, 5) is 14.2. The van der Waals surface area contributed by atoms with Crippen molar-refractivity contribution in [2.45, 2.75) is 38.8 Å². The first-order chi connectivity index (χ1) is 10.2. The molecule has 0 saturated carbocycles. The molecule has 2 rings (SSSR count). The third-order valence-corrected chi connectivity index (χ3v) is 4.29. The maximum Gasteiger partial charge on any atom is 0.242 e. The topological polar surface area (TPSA) is 44.4 Å². The van der Waals surface area contributed by atoms with Gasteiger partial charge in [0, 0.05) is 36.4 Å². The van der Waals surface area contributed by atoms with Crippen molar-refractivity contribution in [1.29, 1.82) is 0 Å². The Hall–Kier alpha value is -1.26. The number of hydrogen-bond acceptors (Lipinski definition) is 3. The fraction of sp³-hybridized carbons (Fsp3) is 0.562. The van der Waals surface area contributed by atoms with E-state index in [1.807, 2.05) is 12.1 Å². The summed E-state index contributed by atoms with van der Waals surface area (Å²) in [5, 5.41) is 6.93. The minimum absolute atomic E-state index is 0.0833. The third kappa shape index (κ3) is 3.69. The minimum Gasteiger partial charge on any atom is -0.359 e. The number of nitrogens with zero attached hydrogens (tertiary/aromatic N) is 1. The van der Waals surface area contributed by atoms with Crippen molar-refractivity contribution in [3.05, 3.63) is 28.8 Å². The normalized spacial score (nSPS) is 18.0. The molecule has 1 unspecified atom stereocenters. The van der Waals surface area contributed by atoms with Crippen LogP contribution in [0.1, 0.15) is 31.7 Å². The quantitative estimate of drug-likeness (QED) is 0.794. The summed E-state index contributed by atoms with van der Waals surface area (Å²) in [7, 11) is 1.69. The number of halogens is 1. The van der Waals surface area contributed by atoms with E-state index in [1.54, 1.807) is 7.05 Å². The lowest BCUT2D eigenvalue weighted by atomic mass is 10.1. The van der Waals surface area contributed by atoms with Crippen LogP contribution in [0, 0.1) is 0 Å². The second-order valence-electron chi connectivity index (χ2n) is 5.38. The number of amides is 1. The molecule has 1 aromatic carbocycles. The summed E-state index contributed by atoms with van der Waals surface area (Å²) in [5.41, 5.74) is 2.17. The lowest BCUT2D eigenvalue weighted by Gasteiger charge is -2.28. The zero-order valence-electron chi connectivity index (χ0n) is 12.8. The Morgan fingerprint density at radius 2 is 2.29 bits per heavy atom. The number of carbonyl (C=O) groups excluding carboxylic acids is 1. The highest BCUT2D eigenvalue weighted by Crippen LogP contribution is 2.32. The van der Waals surface area contributed by atoms with Crippen molar-refractivity contribution in [3.8, 4) is 0 Å². The molecule has 5 heteroatoms. The maximum absolute atomic E-state index is 12.1. The highest BCUT2D eigenvalue weighted by atomic mass is 35.5. The van der Waals surface area contributed by atoms with Crippen LogP contribution in [0.3, 0.4) is 0 Å². The van der Waals surface area contributed by atoms with E-state index >= 15 is 0 Å². The second kappa shape index (κ2) is 7.66. The first-order valence-electron chi connectivity index (χ1n) is 7.65. The van der Waals surface area contributed by atoms with Crippen LogP contribution in [-0.4, -0.2) is 32.1 Å². The van der Waals surface area contributed by atoms with Gasteiger partial charge in [0.05, 0.1) is 0 Å². The van der Waals surface area contributed by atoms with E-state index in [4.69, 9.17) is 11.6 Å². The van der Waals surface area contributed by atoms with Crippen LogP contribution >= 0.6 is 11.6 Å². The summed E-state index contributed by atoms with van der Waals surface area (Å²) in [5.74, 6) is 0.0833. The predicted octanol–water partition coefficient (Wildman–Crippen LogP) is 2.55. The smallest absolute Gasteiger partial charge is 0.242 e. The summed E-state index contributed by atoms with van der Waals surface area (Å²) in [6, 6.07) is 5.85. The molecule has 1 heterocycles. The van der Waals surface area contributed by atoms with E-state index in [0.717, 1.165) is 55.2 Å². The van der Waals surface area contributed by atoms with Crippen molar-refractivity contribution in [2.75, 3.05) is 25.0 Å². The summed E-state index contributed by atoms with van der Waals surface area (Å²) >= 11 is 6.38. The fourth-order valence-electron chi connectivity index (χ4n) is 2.88. The molecule has 1 aromatic rings. The number of hydrogen-bond donors (Lipinski definition) is 2. The summed E-state index contributed by atoms with van der Waals surface area (Å²) in [6.07, 6.45) is 3.02. The number of nitrogens with one attached hydrogen (secondary N) is 2. The Bertz CT molecular complexity index is 492. The van der Waals surface area contributed by atoms with Crippen molar-refractivity contribution in [1.82, 2.24) is 10.6 Å². The Morgan fingerprint density at radius 1 is 1.48 bits per heavy atom. The number of rotatable bonds is 6. The van der Waals surface area contributed by atoms with E-state index in [1.165, 1.54) is 0 Å². The summed E-state index contributed by atoms with van der Waals surface area (Å²) < 4.78 is 0. The van der Waals surface area contributed by atoms with Crippen molar-refractivity contribution < 1.29 is 4.79 Å². The molecule has 116 valence electrons. The molecule has 4 nitrogen and oxygen atoms in total. The molecule has 1 saturated heterocycles. The highest BCUT2D eigenvalue weighted by molar-refractivity contribution is 6.31. The van der Waals surface area contributed by atoms with Gasteiger partial charge in [-0.2, -0.15) is 0 Å². The van der Waals surface area contributed by atoms with Gasteiger partial charge < -0.3 is 15.5 Å². The lowest BCUT2D eigenvalue weighted by molar-refractivity contribution is -0.121. The molecule has 1 amide bonds. The lowest BCUT2D eigenvalue weighted by Crippen LogP contribution is -2.42. The van der Waals surface area contributed by atoms with E-state index in [9.17, 15) is 4.79 Å². The molecule has 21 heavy (non-hydrogen) atoms. The Kier molecular flexibility index (Phi) is 5.88. The Labute approximate surface area is 131 Å². The molecule has 1 fully saturated rings. The van der Waals surface area contributed by atoms with Crippen LogP contribution in [0.15, 0.2) is 18.2 Å². The van der Waals surface area contributed by atoms with E-state index < -0.39 is 0 Å². The average Bonchev–Trinajstić information content (AvgIpc) is 2.97. The van der Waals surface area contributed by atoms with Gasteiger partial charge in [-0.15, -0.1) is 0 Å². The maximum atomic E-state index is 12.1. The van der Waals surface area contributed by atoms with Crippen LogP contribution in [-0.2, 0) is 11.3 Å². The van der Waals surface area contributed by atoms with Gasteiger partial charge in [0.15, 0.2) is 0 Å². The van der Waals surface area contributed by atoms with Crippen LogP contribution in [0.25, 0.3) is 0 Å². The first-order valence-corrected chi connectivity index (χ1v) is 8.03. The van der Waals surface area contributed by atoms with Gasteiger partial charge in [0.25, 0.3) is 0 Å². The molecule has 1 atom stereocenters. The molecule has 0 aliphatic carbocycles. The largest absolute Gasteiger partial charge is 0.359 e. The van der Waals surface area contributed by atoms with Gasteiger partial charge in [-0.25, -0.2) is 0 Å². The van der Waals surface area contributed by atoms with Crippen molar-refractivity contribution >= 4 is 23.2 Å². The van der Waals surface area contributed by atoms with Crippen LogP contribution < -0.4 is 15.5 Å². The molecular weight excluding hydrogens is 286 g/mol. The van der Waals surface area contributed by atoms with Crippen LogP contribution in [0.2, 0.25) is 5.02 Å². The van der Waals surface area contributed by atoms with Crippen molar-refractivity contribution in [3.63, 3.8) is 0 Å². The predicted molar refractivity (Wildman–Crippen MR) is 87.9 cm³/mol. The highest BCUT2D eigenvalue weighted by Gasteiger charge is 2.31. The fourth-order valence-corrected chi connectivity index (χ4v) is 3.11. The zero-order valence-corrected chi connectivity index (χ0v) is 13.5. The number of likely N-dealkylation sites (N-methyl/N-ethyl adjacent to an activating group) is 1. The molecule has 0 radical (unpaired) electrons. The Balaban J connectivity index is 2.25. The Morgan fingerprint density at radius 3 is 3.00 bits per heavy atom. The molecule has 2 N–H and O–H groups in total. The standard InChI is InChI=1S/C16H24ClN3O/c1-3-9-19-11-12-13(17)6-4-7-14(12)20-10-5-8-15(20)16(21)18-2/h4,6-7,15,19H,3,5,8-11H2,1-2H3,(H,18,21). The molecule has 1 aliphatic rings. The number of anilines is 1. The number of carbonyl (C=O) groups is 1. The van der Waals surface area contributed by atoms with Gasteiger partial charge in [-0.05, 0) is 37.9 Å². The molecule has 0 spiro atoms. The van der Waals surface area contributed by atoms with Gasteiger partial charge in [0.1, 0.15) is 6.04 Å². The van der Waals surface area contributed by atoms with Gasteiger partial charge in [-0.1, -0.05) is 24.6 Å². The molecule has 0 bridgehead atoms. The zero-order chi connectivity index (χ0) is 15.2. The molecule has 0 aromatic heterocycles. The van der Waals surface area contributed by atoms with Crippen molar-refractivity contribution in [2.24, 2.45) is 0 Å². The molecular formula is C16H24ClN3O. The van der Waals surface area contributed by atoms with E-state index in [-0.39, 0.29) is 11.9 Å². The van der Waals surface area contributed by atoms with Gasteiger partial charge in [0.2, 0.25) is 5.91 Å². The van der Waals surface area contributed by atoms with Gasteiger partial charge in [-0.3, -0.25) is 4.79 Å². The first kappa shape index (κ1) is 16.1. The van der Waals surface area contributed by atoms with Crippen LogP contribution in [0.5, 0.6) is 0 Å². The van der Waals surface area contributed by atoms with Crippen LogP contribution in [0.4, 0.5) is 5.69 Å². The number of benzene rings is 1. The van der Waals surface area contributed by atoms with E-state index in [0.29, 0.717) is 0 Å². The monoisotopic (exact) mass is 309 g/mol.